The SMILES string of the molecule is COC(=O)/C=C/c1c(C(=O)OC)c2c(n1C)C(=O)CC(N1CC1)C2=O. The van der Waals surface area contributed by atoms with Crippen LogP contribution < -0.4 is 0 Å². The number of aromatic nitrogens is 1. The highest BCUT2D eigenvalue weighted by atomic mass is 16.5. The molecule has 1 atom stereocenters. The number of carbonyl (C=O) groups excluding carboxylic acids is 4. The van der Waals surface area contributed by atoms with Crippen molar-refractivity contribution in [1.82, 2.24) is 9.47 Å². The summed E-state index contributed by atoms with van der Waals surface area (Å²) in [5.74, 6) is -1.82. The second-order valence-electron chi connectivity index (χ2n) is 5.93. The fourth-order valence-electron chi connectivity index (χ4n) is 3.18. The van der Waals surface area contributed by atoms with Crippen LogP contribution in [0.15, 0.2) is 6.08 Å². The van der Waals surface area contributed by atoms with Crippen molar-refractivity contribution in [2.45, 2.75) is 12.5 Å². The van der Waals surface area contributed by atoms with Gasteiger partial charge in [0.25, 0.3) is 0 Å². The molecule has 1 aromatic rings. The third kappa shape index (κ3) is 2.78. The Kier molecular flexibility index (Phi) is 4.30. The Bertz CT molecular complexity index is 816. The Hall–Kier alpha value is -2.74. The van der Waals surface area contributed by atoms with Gasteiger partial charge >= 0.3 is 11.9 Å². The van der Waals surface area contributed by atoms with Gasteiger partial charge < -0.3 is 14.0 Å². The van der Waals surface area contributed by atoms with Crippen LogP contribution in [0.3, 0.4) is 0 Å². The van der Waals surface area contributed by atoms with E-state index in [0.29, 0.717) is 0 Å². The number of hydrogen-bond donors (Lipinski definition) is 0. The van der Waals surface area contributed by atoms with Gasteiger partial charge in [-0.15, -0.1) is 0 Å². The molecular weight excluding hydrogens is 328 g/mol. The van der Waals surface area contributed by atoms with Gasteiger partial charge in [0.2, 0.25) is 0 Å². The van der Waals surface area contributed by atoms with Gasteiger partial charge in [-0.2, -0.15) is 0 Å². The van der Waals surface area contributed by atoms with Crippen molar-refractivity contribution >= 4 is 29.6 Å². The normalized spacial score (nSPS) is 19.9. The number of methoxy groups -OCH3 is 2. The van der Waals surface area contributed by atoms with Crippen molar-refractivity contribution in [2.24, 2.45) is 7.05 Å². The Morgan fingerprint density at radius 3 is 2.40 bits per heavy atom. The van der Waals surface area contributed by atoms with Crippen molar-refractivity contribution in [1.29, 1.82) is 0 Å². The second kappa shape index (κ2) is 6.29. The van der Waals surface area contributed by atoms with Gasteiger partial charge in [0, 0.05) is 32.6 Å². The van der Waals surface area contributed by atoms with Gasteiger partial charge in [-0.25, -0.2) is 9.59 Å². The summed E-state index contributed by atoms with van der Waals surface area (Å²) in [7, 11) is 4.00. The van der Waals surface area contributed by atoms with E-state index in [4.69, 9.17) is 4.74 Å². The van der Waals surface area contributed by atoms with Crippen LogP contribution in [0.5, 0.6) is 0 Å². The number of fused-ring (bicyclic) bond motifs is 1. The molecule has 1 aliphatic carbocycles. The Morgan fingerprint density at radius 1 is 1.16 bits per heavy atom. The summed E-state index contributed by atoms with van der Waals surface area (Å²) in [4.78, 5) is 51.1. The zero-order chi connectivity index (χ0) is 18.3. The average molecular weight is 346 g/mol. The standard InChI is InChI=1S/C17H18N2O6/c1-18-9(4-5-12(21)24-2)13(17(23)25-3)14-15(18)11(20)8-10(16(14)22)19-6-7-19/h4-5,10H,6-8H2,1-3H3/b5-4+. The van der Waals surface area contributed by atoms with Gasteiger partial charge in [-0.3, -0.25) is 14.5 Å². The summed E-state index contributed by atoms with van der Waals surface area (Å²) in [6.07, 6.45) is 2.57. The number of esters is 2. The lowest BCUT2D eigenvalue weighted by molar-refractivity contribution is -0.134. The maximum atomic E-state index is 12.9. The summed E-state index contributed by atoms with van der Waals surface area (Å²) >= 11 is 0. The topological polar surface area (TPSA) is 94.7 Å². The maximum absolute atomic E-state index is 12.9. The van der Waals surface area contributed by atoms with E-state index in [1.807, 2.05) is 4.90 Å². The molecular formula is C17H18N2O6. The number of carbonyl (C=O) groups is 4. The highest BCUT2D eigenvalue weighted by molar-refractivity contribution is 6.21. The van der Waals surface area contributed by atoms with Gasteiger partial charge in [0.1, 0.15) is 0 Å². The first-order chi connectivity index (χ1) is 11.9. The molecule has 0 radical (unpaired) electrons. The number of rotatable bonds is 4. The third-order valence-electron chi connectivity index (χ3n) is 4.52. The predicted octanol–water partition coefficient (Wildman–Crippen LogP) is 0.451. The minimum absolute atomic E-state index is 0.00468. The molecule has 2 aliphatic rings. The van der Waals surface area contributed by atoms with E-state index in [0.717, 1.165) is 19.2 Å². The van der Waals surface area contributed by atoms with Crippen molar-refractivity contribution in [3.05, 3.63) is 28.6 Å². The zero-order valence-electron chi connectivity index (χ0n) is 14.2. The summed E-state index contributed by atoms with van der Waals surface area (Å²) < 4.78 is 10.8. The summed E-state index contributed by atoms with van der Waals surface area (Å²) in [6, 6.07) is -0.539. The molecule has 0 bridgehead atoms. The van der Waals surface area contributed by atoms with Crippen LogP contribution in [0.25, 0.3) is 6.08 Å². The van der Waals surface area contributed by atoms with Crippen LogP contribution >= 0.6 is 0 Å². The highest BCUT2D eigenvalue weighted by Crippen LogP contribution is 2.34. The first-order valence-electron chi connectivity index (χ1n) is 7.79. The molecule has 8 heteroatoms. The predicted molar refractivity (Wildman–Crippen MR) is 86.4 cm³/mol. The molecule has 3 rings (SSSR count). The molecule has 8 nitrogen and oxygen atoms in total. The first kappa shape index (κ1) is 17.1. The molecule has 1 unspecified atom stereocenters. The molecule has 1 saturated heterocycles. The van der Waals surface area contributed by atoms with E-state index < -0.39 is 18.0 Å². The lowest BCUT2D eigenvalue weighted by Crippen LogP contribution is -2.38. The van der Waals surface area contributed by atoms with Crippen molar-refractivity contribution < 1.29 is 28.7 Å². The number of ketones is 2. The Labute approximate surface area is 144 Å². The van der Waals surface area contributed by atoms with Crippen LogP contribution in [-0.2, 0) is 21.3 Å². The van der Waals surface area contributed by atoms with Gasteiger partial charge in [-0.1, -0.05) is 0 Å². The lowest BCUT2D eigenvalue weighted by Gasteiger charge is -2.22. The molecule has 25 heavy (non-hydrogen) atoms. The molecule has 2 heterocycles. The van der Waals surface area contributed by atoms with Crippen molar-refractivity contribution in [2.75, 3.05) is 27.3 Å². The van der Waals surface area contributed by atoms with Crippen LogP contribution in [0.4, 0.5) is 0 Å². The van der Waals surface area contributed by atoms with Gasteiger partial charge in [0.05, 0.1) is 42.8 Å². The first-order valence-corrected chi connectivity index (χ1v) is 7.79. The highest BCUT2D eigenvalue weighted by Gasteiger charge is 2.45. The van der Waals surface area contributed by atoms with Gasteiger partial charge in [0.15, 0.2) is 11.6 Å². The van der Waals surface area contributed by atoms with Crippen LogP contribution in [0.2, 0.25) is 0 Å². The van der Waals surface area contributed by atoms with E-state index in [1.165, 1.54) is 24.9 Å². The van der Waals surface area contributed by atoms with E-state index in [-0.39, 0.29) is 40.5 Å². The van der Waals surface area contributed by atoms with E-state index in [9.17, 15) is 19.2 Å². The number of hydrogen-bond acceptors (Lipinski definition) is 7. The van der Waals surface area contributed by atoms with E-state index in [1.54, 1.807) is 7.05 Å². The smallest absolute Gasteiger partial charge is 0.340 e. The molecule has 1 aliphatic heterocycles. The van der Waals surface area contributed by atoms with Crippen molar-refractivity contribution in [3.8, 4) is 0 Å². The third-order valence-corrected chi connectivity index (χ3v) is 4.52. The zero-order valence-corrected chi connectivity index (χ0v) is 14.2. The molecule has 1 aromatic heterocycles. The molecule has 0 aromatic carbocycles. The second-order valence-corrected chi connectivity index (χ2v) is 5.93. The lowest BCUT2D eigenvalue weighted by atomic mass is 9.88. The number of Topliss-reactive ketones (excluding diaryl/α,β-unsaturated/α-hetero) is 2. The fraction of sp³-hybridized carbons (Fsp3) is 0.412. The molecule has 0 amide bonds. The quantitative estimate of drug-likeness (QED) is 0.444. The molecule has 0 saturated carbocycles. The average Bonchev–Trinajstić information content (AvgIpc) is 3.39. The van der Waals surface area contributed by atoms with E-state index >= 15 is 0 Å². The largest absolute Gasteiger partial charge is 0.466 e. The number of ether oxygens (including phenoxy) is 2. The Morgan fingerprint density at radius 2 is 1.84 bits per heavy atom. The minimum Gasteiger partial charge on any atom is -0.466 e. The molecule has 1 fully saturated rings. The summed E-state index contributed by atoms with van der Waals surface area (Å²) in [6.45, 7) is 1.52. The number of nitrogens with zero attached hydrogens (tertiary/aromatic N) is 2. The van der Waals surface area contributed by atoms with Crippen LogP contribution in [0, 0.1) is 0 Å². The monoisotopic (exact) mass is 346 g/mol. The molecule has 0 spiro atoms. The van der Waals surface area contributed by atoms with Crippen LogP contribution in [-0.4, -0.2) is 66.3 Å². The Balaban J connectivity index is 2.19. The minimum atomic E-state index is -0.728. The maximum Gasteiger partial charge on any atom is 0.340 e. The molecule has 132 valence electrons. The molecule has 0 N–H and O–H groups in total. The summed E-state index contributed by atoms with van der Waals surface area (Å²) in [5, 5.41) is 0. The van der Waals surface area contributed by atoms with Crippen molar-refractivity contribution in [3.63, 3.8) is 0 Å². The van der Waals surface area contributed by atoms with E-state index in [2.05, 4.69) is 4.74 Å². The van der Waals surface area contributed by atoms with Gasteiger partial charge in [-0.05, 0) is 6.08 Å². The summed E-state index contributed by atoms with van der Waals surface area (Å²) in [5.41, 5.74) is 0.514. The van der Waals surface area contributed by atoms with Crippen LogP contribution in [0.1, 0.15) is 43.3 Å². The fourth-order valence-corrected chi connectivity index (χ4v) is 3.18.